The number of hydrogen-bond donors (Lipinski definition) is 0. The number of anilines is 1. The van der Waals surface area contributed by atoms with Crippen LogP contribution in [0.3, 0.4) is 0 Å². The molecule has 0 amide bonds. The fourth-order valence-electron chi connectivity index (χ4n) is 2.24. The molecule has 0 spiro atoms. The van der Waals surface area contributed by atoms with Crippen LogP contribution in [0.5, 0.6) is 0 Å². The van der Waals surface area contributed by atoms with Crippen LogP contribution >= 0.6 is 0 Å². The standard InChI is InChI=1S/C14H18N2O4/c1-3-20-14(18)10-4-5-12(15-8-10)16-7-6-11(9-16)13(17)19-2/h4-5,8,11H,3,6-7,9H2,1-2H3. The minimum atomic E-state index is -0.375. The van der Waals surface area contributed by atoms with Gasteiger partial charge >= 0.3 is 11.9 Å². The van der Waals surface area contributed by atoms with E-state index in [2.05, 4.69) is 4.98 Å². The minimum Gasteiger partial charge on any atom is -0.469 e. The maximum Gasteiger partial charge on any atom is 0.339 e. The lowest BCUT2D eigenvalue weighted by molar-refractivity contribution is -0.144. The van der Waals surface area contributed by atoms with E-state index >= 15 is 0 Å². The molecule has 1 saturated heterocycles. The van der Waals surface area contributed by atoms with Gasteiger partial charge in [0.2, 0.25) is 0 Å². The zero-order valence-electron chi connectivity index (χ0n) is 11.7. The van der Waals surface area contributed by atoms with Crippen molar-refractivity contribution >= 4 is 17.8 Å². The van der Waals surface area contributed by atoms with Gasteiger partial charge in [0.1, 0.15) is 5.82 Å². The molecular formula is C14H18N2O4. The summed E-state index contributed by atoms with van der Waals surface area (Å²) in [6.07, 6.45) is 2.26. The van der Waals surface area contributed by atoms with Crippen LogP contribution in [0.4, 0.5) is 5.82 Å². The van der Waals surface area contributed by atoms with Crippen molar-refractivity contribution in [3.8, 4) is 0 Å². The van der Waals surface area contributed by atoms with Gasteiger partial charge in [0.25, 0.3) is 0 Å². The minimum absolute atomic E-state index is 0.105. The van der Waals surface area contributed by atoms with Crippen molar-refractivity contribution in [3.05, 3.63) is 23.9 Å². The Morgan fingerprint density at radius 3 is 2.85 bits per heavy atom. The van der Waals surface area contributed by atoms with Gasteiger partial charge in [0.15, 0.2) is 0 Å². The Morgan fingerprint density at radius 1 is 1.45 bits per heavy atom. The summed E-state index contributed by atoms with van der Waals surface area (Å²) < 4.78 is 9.65. The van der Waals surface area contributed by atoms with E-state index in [1.807, 2.05) is 4.90 Å². The quantitative estimate of drug-likeness (QED) is 0.772. The summed E-state index contributed by atoms with van der Waals surface area (Å²) in [5.74, 6) is 0.0898. The summed E-state index contributed by atoms with van der Waals surface area (Å²) >= 11 is 0. The van der Waals surface area contributed by atoms with Crippen molar-refractivity contribution in [2.24, 2.45) is 5.92 Å². The molecular weight excluding hydrogens is 260 g/mol. The Labute approximate surface area is 117 Å². The molecule has 0 saturated carbocycles. The fourth-order valence-corrected chi connectivity index (χ4v) is 2.24. The summed E-state index contributed by atoms with van der Waals surface area (Å²) in [6.45, 7) is 3.45. The molecule has 2 rings (SSSR count). The van der Waals surface area contributed by atoms with E-state index in [4.69, 9.17) is 9.47 Å². The van der Waals surface area contributed by atoms with Crippen LogP contribution in [-0.2, 0) is 14.3 Å². The lowest BCUT2D eigenvalue weighted by Crippen LogP contribution is -2.24. The maximum atomic E-state index is 11.5. The Bertz CT molecular complexity index is 486. The number of pyridine rings is 1. The second-order valence-electron chi connectivity index (χ2n) is 4.58. The van der Waals surface area contributed by atoms with E-state index < -0.39 is 0 Å². The molecule has 6 heteroatoms. The van der Waals surface area contributed by atoms with Gasteiger partial charge in [0, 0.05) is 19.3 Å². The van der Waals surface area contributed by atoms with Crippen molar-refractivity contribution in [2.45, 2.75) is 13.3 Å². The van der Waals surface area contributed by atoms with Gasteiger partial charge in [-0.25, -0.2) is 9.78 Å². The number of methoxy groups -OCH3 is 1. The molecule has 1 unspecified atom stereocenters. The van der Waals surface area contributed by atoms with Crippen LogP contribution in [0, 0.1) is 5.92 Å². The van der Waals surface area contributed by atoms with Crippen LogP contribution < -0.4 is 4.90 Å². The monoisotopic (exact) mass is 278 g/mol. The highest BCUT2D eigenvalue weighted by atomic mass is 16.5. The molecule has 20 heavy (non-hydrogen) atoms. The van der Waals surface area contributed by atoms with Crippen molar-refractivity contribution in [1.29, 1.82) is 0 Å². The van der Waals surface area contributed by atoms with E-state index in [0.717, 1.165) is 18.8 Å². The second kappa shape index (κ2) is 6.36. The molecule has 1 aliphatic heterocycles. The van der Waals surface area contributed by atoms with Crippen molar-refractivity contribution in [1.82, 2.24) is 4.98 Å². The highest BCUT2D eigenvalue weighted by Gasteiger charge is 2.29. The Morgan fingerprint density at radius 2 is 2.25 bits per heavy atom. The number of carbonyl (C=O) groups is 2. The summed E-state index contributed by atoms with van der Waals surface area (Å²) in [7, 11) is 1.40. The largest absolute Gasteiger partial charge is 0.469 e. The van der Waals surface area contributed by atoms with Crippen LogP contribution in [0.15, 0.2) is 18.3 Å². The average molecular weight is 278 g/mol. The summed E-state index contributed by atoms with van der Waals surface area (Å²) in [6, 6.07) is 3.46. The first-order valence-corrected chi connectivity index (χ1v) is 6.61. The van der Waals surface area contributed by atoms with E-state index in [1.54, 1.807) is 19.1 Å². The van der Waals surface area contributed by atoms with Crippen molar-refractivity contribution < 1.29 is 19.1 Å². The number of ether oxygens (including phenoxy) is 2. The van der Waals surface area contributed by atoms with Crippen molar-refractivity contribution in [2.75, 3.05) is 31.7 Å². The zero-order valence-corrected chi connectivity index (χ0v) is 11.7. The third kappa shape index (κ3) is 3.07. The number of carbonyl (C=O) groups excluding carboxylic acids is 2. The molecule has 108 valence electrons. The van der Waals surface area contributed by atoms with E-state index in [9.17, 15) is 9.59 Å². The van der Waals surface area contributed by atoms with Gasteiger partial charge < -0.3 is 14.4 Å². The molecule has 1 atom stereocenters. The number of hydrogen-bond acceptors (Lipinski definition) is 6. The van der Waals surface area contributed by atoms with Gasteiger partial charge in [-0.3, -0.25) is 4.79 Å². The van der Waals surface area contributed by atoms with Gasteiger partial charge in [-0.05, 0) is 25.5 Å². The number of aromatic nitrogens is 1. The summed E-state index contributed by atoms with van der Waals surface area (Å²) in [5.41, 5.74) is 0.430. The van der Waals surface area contributed by atoms with Crippen LogP contribution in [-0.4, -0.2) is 43.7 Å². The molecule has 1 fully saturated rings. The fraction of sp³-hybridized carbons (Fsp3) is 0.500. The highest BCUT2D eigenvalue weighted by Crippen LogP contribution is 2.23. The maximum absolute atomic E-state index is 11.5. The lowest BCUT2D eigenvalue weighted by Gasteiger charge is -2.17. The Hall–Kier alpha value is -2.11. The normalized spacial score (nSPS) is 17.9. The van der Waals surface area contributed by atoms with Gasteiger partial charge in [-0.15, -0.1) is 0 Å². The van der Waals surface area contributed by atoms with E-state index in [0.29, 0.717) is 18.7 Å². The first kappa shape index (κ1) is 14.3. The summed E-state index contributed by atoms with van der Waals surface area (Å²) in [5, 5.41) is 0. The van der Waals surface area contributed by atoms with Gasteiger partial charge in [-0.1, -0.05) is 0 Å². The smallest absolute Gasteiger partial charge is 0.339 e. The van der Waals surface area contributed by atoms with Crippen LogP contribution in [0.1, 0.15) is 23.7 Å². The Kier molecular flexibility index (Phi) is 4.55. The number of rotatable bonds is 4. The molecule has 0 aromatic carbocycles. The van der Waals surface area contributed by atoms with Crippen LogP contribution in [0.25, 0.3) is 0 Å². The predicted molar refractivity (Wildman–Crippen MR) is 72.5 cm³/mol. The molecule has 1 aliphatic rings. The molecule has 0 aliphatic carbocycles. The highest BCUT2D eigenvalue weighted by molar-refractivity contribution is 5.89. The summed E-state index contributed by atoms with van der Waals surface area (Å²) in [4.78, 5) is 29.3. The predicted octanol–water partition coefficient (Wildman–Crippen LogP) is 1.26. The molecule has 2 heterocycles. The third-order valence-electron chi connectivity index (χ3n) is 3.31. The average Bonchev–Trinajstić information content (AvgIpc) is 2.96. The molecule has 6 nitrogen and oxygen atoms in total. The van der Waals surface area contributed by atoms with Gasteiger partial charge in [0.05, 0.1) is 25.2 Å². The van der Waals surface area contributed by atoms with Gasteiger partial charge in [-0.2, -0.15) is 0 Å². The molecule has 1 aromatic rings. The zero-order chi connectivity index (χ0) is 14.5. The molecule has 0 bridgehead atoms. The first-order valence-electron chi connectivity index (χ1n) is 6.61. The molecule has 0 N–H and O–H groups in total. The molecule has 1 aromatic heterocycles. The number of nitrogens with zero attached hydrogens (tertiary/aromatic N) is 2. The van der Waals surface area contributed by atoms with Crippen molar-refractivity contribution in [3.63, 3.8) is 0 Å². The Balaban J connectivity index is 2.01. The van der Waals surface area contributed by atoms with E-state index in [-0.39, 0.29) is 17.9 Å². The molecule has 0 radical (unpaired) electrons. The number of esters is 2. The first-order chi connectivity index (χ1) is 9.65. The third-order valence-corrected chi connectivity index (χ3v) is 3.31. The van der Waals surface area contributed by atoms with Crippen LogP contribution in [0.2, 0.25) is 0 Å². The second-order valence-corrected chi connectivity index (χ2v) is 4.58. The SMILES string of the molecule is CCOC(=O)c1ccc(N2CCC(C(=O)OC)C2)nc1. The topological polar surface area (TPSA) is 68.7 Å². The lowest BCUT2D eigenvalue weighted by atomic mass is 10.1. The van der Waals surface area contributed by atoms with E-state index in [1.165, 1.54) is 13.3 Å².